The summed E-state index contributed by atoms with van der Waals surface area (Å²) in [6.07, 6.45) is 0.829. The van der Waals surface area contributed by atoms with Crippen LogP contribution in [0.25, 0.3) is 10.2 Å². The smallest absolute Gasteiger partial charge is 0.311 e. The van der Waals surface area contributed by atoms with Gasteiger partial charge in [0.25, 0.3) is 5.91 Å². The van der Waals surface area contributed by atoms with Crippen molar-refractivity contribution >= 4 is 33.4 Å². The average molecular weight is 337 g/mol. The van der Waals surface area contributed by atoms with E-state index in [1.165, 1.54) is 11.3 Å². The predicted molar refractivity (Wildman–Crippen MR) is 85.8 cm³/mol. The van der Waals surface area contributed by atoms with E-state index in [0.29, 0.717) is 30.9 Å². The fraction of sp³-hybridized carbons (Fsp3) is 0.533. The van der Waals surface area contributed by atoms with Crippen LogP contribution in [0.5, 0.6) is 0 Å². The molecule has 2 aromatic rings. The molecule has 1 aliphatic heterocycles. The third-order valence-electron chi connectivity index (χ3n) is 4.41. The Labute approximate surface area is 137 Å². The van der Waals surface area contributed by atoms with Crippen LogP contribution in [0.2, 0.25) is 0 Å². The van der Waals surface area contributed by atoms with Crippen LogP contribution in [0.1, 0.15) is 28.2 Å². The van der Waals surface area contributed by atoms with Gasteiger partial charge in [0.05, 0.1) is 16.0 Å². The van der Waals surface area contributed by atoms with Crippen molar-refractivity contribution in [2.24, 2.45) is 12.5 Å². The molecule has 1 amide bonds. The number of carbonyl (C=O) groups is 2. The Kier molecular flexibility index (Phi) is 4.11. The van der Waals surface area contributed by atoms with Crippen molar-refractivity contribution < 1.29 is 19.4 Å². The van der Waals surface area contributed by atoms with Gasteiger partial charge in [0, 0.05) is 32.2 Å². The van der Waals surface area contributed by atoms with Crippen LogP contribution >= 0.6 is 11.3 Å². The summed E-state index contributed by atoms with van der Waals surface area (Å²) in [5.41, 5.74) is -0.0496. The zero-order valence-electron chi connectivity index (χ0n) is 13.1. The minimum Gasteiger partial charge on any atom is -0.481 e. The van der Waals surface area contributed by atoms with Crippen molar-refractivity contribution in [2.45, 2.75) is 19.8 Å². The molecule has 0 bridgehead atoms. The summed E-state index contributed by atoms with van der Waals surface area (Å²) < 4.78 is 6.99. The molecule has 1 saturated heterocycles. The number of thiophene rings is 1. The number of carboxylic acid groups (broad SMARTS) is 1. The van der Waals surface area contributed by atoms with E-state index in [4.69, 9.17) is 4.74 Å². The molecule has 1 fully saturated rings. The van der Waals surface area contributed by atoms with E-state index >= 15 is 0 Å². The fourth-order valence-corrected chi connectivity index (χ4v) is 3.92. The zero-order chi connectivity index (χ0) is 16.6. The molecule has 2 N–H and O–H groups in total. The lowest BCUT2D eigenvalue weighted by Crippen LogP contribution is -2.46. The number of aliphatic carboxylic acids is 1. The highest BCUT2D eigenvalue weighted by Crippen LogP contribution is 2.31. The zero-order valence-corrected chi connectivity index (χ0v) is 13.9. The van der Waals surface area contributed by atoms with E-state index in [1.54, 1.807) is 4.68 Å². The van der Waals surface area contributed by atoms with E-state index < -0.39 is 11.4 Å². The summed E-state index contributed by atoms with van der Waals surface area (Å²) >= 11 is 1.36. The number of hydrogen-bond donors (Lipinski definition) is 2. The molecular formula is C15H19N3O4S. The van der Waals surface area contributed by atoms with Gasteiger partial charge in [-0.25, -0.2) is 0 Å². The summed E-state index contributed by atoms with van der Waals surface area (Å²) in [6.45, 7) is 2.85. The number of aryl methyl sites for hydroxylation is 2. The molecule has 0 atom stereocenters. The maximum atomic E-state index is 12.4. The number of nitrogens with zero attached hydrogens (tertiary/aromatic N) is 2. The van der Waals surface area contributed by atoms with E-state index in [0.717, 1.165) is 15.9 Å². The molecule has 0 spiro atoms. The van der Waals surface area contributed by atoms with Crippen molar-refractivity contribution in [1.82, 2.24) is 15.1 Å². The monoisotopic (exact) mass is 337 g/mol. The van der Waals surface area contributed by atoms with E-state index in [9.17, 15) is 14.7 Å². The first-order chi connectivity index (χ1) is 10.9. The summed E-state index contributed by atoms with van der Waals surface area (Å²) in [5, 5.41) is 17.6. The quantitative estimate of drug-likeness (QED) is 0.883. The number of aromatic nitrogens is 2. The summed E-state index contributed by atoms with van der Waals surface area (Å²) in [6, 6.07) is 1.81. The lowest BCUT2D eigenvalue weighted by molar-refractivity contribution is -0.154. The average Bonchev–Trinajstić information content (AvgIpc) is 3.08. The molecule has 0 aromatic carbocycles. The van der Waals surface area contributed by atoms with Gasteiger partial charge in [-0.3, -0.25) is 14.3 Å². The number of rotatable bonds is 4. The third kappa shape index (κ3) is 2.84. The van der Waals surface area contributed by atoms with Gasteiger partial charge in [-0.05, 0) is 25.8 Å². The largest absolute Gasteiger partial charge is 0.481 e. The highest BCUT2D eigenvalue weighted by molar-refractivity contribution is 7.20. The van der Waals surface area contributed by atoms with Gasteiger partial charge in [-0.1, -0.05) is 0 Å². The van der Waals surface area contributed by atoms with Crippen molar-refractivity contribution in [3.8, 4) is 0 Å². The van der Waals surface area contributed by atoms with Crippen LogP contribution in [-0.4, -0.2) is 46.5 Å². The van der Waals surface area contributed by atoms with E-state index in [2.05, 4.69) is 10.4 Å². The van der Waals surface area contributed by atoms with Gasteiger partial charge in [-0.15, -0.1) is 11.3 Å². The summed E-state index contributed by atoms with van der Waals surface area (Å²) in [4.78, 5) is 25.5. The maximum absolute atomic E-state index is 12.4. The molecule has 7 nitrogen and oxygen atoms in total. The van der Waals surface area contributed by atoms with Gasteiger partial charge in [0.1, 0.15) is 4.83 Å². The standard InChI is InChI=1S/C15H19N3O4S/c1-9-10-7-11(23-13(10)18(2)17-9)12(19)16-8-15(14(20)21)3-5-22-6-4-15/h7H,3-6,8H2,1-2H3,(H,16,19)(H,20,21). The third-order valence-corrected chi connectivity index (χ3v) is 5.61. The van der Waals surface area contributed by atoms with Crippen molar-refractivity contribution in [3.63, 3.8) is 0 Å². The van der Waals surface area contributed by atoms with Crippen LogP contribution in [-0.2, 0) is 16.6 Å². The second kappa shape index (κ2) is 5.93. The molecular weight excluding hydrogens is 318 g/mol. The lowest BCUT2D eigenvalue weighted by atomic mass is 9.80. The number of carbonyl (C=O) groups excluding carboxylic acids is 1. The van der Waals surface area contributed by atoms with Crippen molar-refractivity contribution in [3.05, 3.63) is 16.6 Å². The number of nitrogens with one attached hydrogen (secondary N) is 1. The molecule has 23 heavy (non-hydrogen) atoms. The van der Waals surface area contributed by atoms with Gasteiger partial charge in [0.15, 0.2) is 0 Å². The summed E-state index contributed by atoms with van der Waals surface area (Å²) in [7, 11) is 1.84. The summed E-state index contributed by atoms with van der Waals surface area (Å²) in [5.74, 6) is -1.12. The van der Waals surface area contributed by atoms with Gasteiger partial charge >= 0.3 is 5.97 Å². The SMILES string of the molecule is Cc1nn(C)c2sc(C(=O)NCC3(C(=O)O)CCOCC3)cc12. The second-order valence-electron chi connectivity index (χ2n) is 5.92. The first kappa shape index (κ1) is 15.9. The highest BCUT2D eigenvalue weighted by Gasteiger charge is 2.40. The highest BCUT2D eigenvalue weighted by atomic mass is 32.1. The molecule has 2 aromatic heterocycles. The van der Waals surface area contributed by atoms with Crippen molar-refractivity contribution in [2.75, 3.05) is 19.8 Å². The van der Waals surface area contributed by atoms with E-state index in [1.807, 2.05) is 20.0 Å². The number of fused-ring (bicyclic) bond motifs is 1. The van der Waals surface area contributed by atoms with Crippen molar-refractivity contribution in [1.29, 1.82) is 0 Å². The van der Waals surface area contributed by atoms with E-state index in [-0.39, 0.29) is 12.5 Å². The fourth-order valence-electron chi connectivity index (χ4n) is 2.88. The Balaban J connectivity index is 1.75. The van der Waals surface area contributed by atoms with Crippen LogP contribution < -0.4 is 5.32 Å². The molecule has 3 rings (SSSR count). The Hall–Kier alpha value is -1.93. The van der Waals surface area contributed by atoms with Crippen LogP contribution in [0.4, 0.5) is 0 Å². The first-order valence-electron chi connectivity index (χ1n) is 7.45. The topological polar surface area (TPSA) is 93.5 Å². The molecule has 0 unspecified atom stereocenters. The van der Waals surface area contributed by atoms with Crippen LogP contribution in [0.3, 0.4) is 0 Å². The maximum Gasteiger partial charge on any atom is 0.311 e. The molecule has 0 saturated carbocycles. The second-order valence-corrected chi connectivity index (χ2v) is 6.95. The lowest BCUT2D eigenvalue weighted by Gasteiger charge is -2.33. The number of ether oxygens (including phenoxy) is 1. The minimum atomic E-state index is -0.929. The van der Waals surface area contributed by atoms with Gasteiger partial charge < -0.3 is 15.2 Å². The van der Waals surface area contributed by atoms with Gasteiger partial charge in [0.2, 0.25) is 0 Å². The molecule has 0 aliphatic carbocycles. The normalized spacial score (nSPS) is 17.3. The Bertz CT molecular complexity index is 724. The Morgan fingerprint density at radius 2 is 2.17 bits per heavy atom. The van der Waals surface area contributed by atoms with Crippen LogP contribution in [0.15, 0.2) is 6.07 Å². The van der Waals surface area contributed by atoms with Crippen LogP contribution in [0, 0.1) is 12.3 Å². The number of amides is 1. The molecule has 124 valence electrons. The number of hydrogen-bond acceptors (Lipinski definition) is 5. The first-order valence-corrected chi connectivity index (χ1v) is 8.27. The molecule has 3 heterocycles. The minimum absolute atomic E-state index is 0.121. The Morgan fingerprint density at radius 3 is 2.78 bits per heavy atom. The molecule has 1 aliphatic rings. The molecule has 0 radical (unpaired) electrons. The Morgan fingerprint density at radius 1 is 1.48 bits per heavy atom. The predicted octanol–water partition coefficient (Wildman–Crippen LogP) is 1.55. The van der Waals surface area contributed by atoms with Gasteiger partial charge in [-0.2, -0.15) is 5.10 Å². The molecule has 8 heteroatoms. The number of carboxylic acids is 1.